The fraction of sp³-hybridized carbons (Fsp3) is 0.188. The van der Waals surface area contributed by atoms with Gasteiger partial charge in [-0.1, -0.05) is 6.07 Å². The van der Waals surface area contributed by atoms with Crippen LogP contribution in [0.1, 0.15) is 21.1 Å². The number of aromatic nitrogens is 1. The number of hydrogen-bond donors (Lipinski definition) is 0. The number of nitrogens with zero attached hydrogens (tertiary/aromatic N) is 2. The van der Waals surface area contributed by atoms with Crippen molar-refractivity contribution < 1.29 is 9.21 Å². The predicted octanol–water partition coefficient (Wildman–Crippen LogP) is 3.52. The summed E-state index contributed by atoms with van der Waals surface area (Å²) in [6.07, 6.45) is 3.51. The number of thiophene rings is 1. The monoisotopic (exact) mass is 300 g/mol. The first-order chi connectivity index (χ1) is 10.2. The summed E-state index contributed by atoms with van der Waals surface area (Å²) in [5.41, 5.74) is 1.09. The molecule has 0 aliphatic rings. The highest BCUT2D eigenvalue weighted by molar-refractivity contribution is 7.09. The quantitative estimate of drug-likeness (QED) is 0.723. The van der Waals surface area contributed by atoms with Gasteiger partial charge in [-0.2, -0.15) is 0 Å². The standard InChI is InChI=1S/C16H16N2O2S/c1-17-8-2-5-13(17)11-18(12-14-6-4-10-21-14)16(19)15-7-3-9-20-15/h2-10H,11-12H2,1H3. The molecule has 21 heavy (non-hydrogen) atoms. The smallest absolute Gasteiger partial charge is 0.290 e. The number of rotatable bonds is 5. The van der Waals surface area contributed by atoms with Crippen molar-refractivity contribution in [3.8, 4) is 0 Å². The molecule has 0 spiro atoms. The van der Waals surface area contributed by atoms with Gasteiger partial charge in [0.15, 0.2) is 5.76 Å². The number of furan rings is 1. The molecule has 3 aromatic rings. The fourth-order valence-corrected chi connectivity index (χ4v) is 2.92. The molecule has 0 N–H and O–H groups in total. The summed E-state index contributed by atoms with van der Waals surface area (Å²) in [5, 5.41) is 2.02. The van der Waals surface area contributed by atoms with E-state index in [4.69, 9.17) is 4.42 Å². The first-order valence-corrected chi connectivity index (χ1v) is 7.57. The maximum atomic E-state index is 12.6. The van der Waals surface area contributed by atoms with Gasteiger partial charge in [0.25, 0.3) is 5.91 Å². The largest absolute Gasteiger partial charge is 0.459 e. The Kier molecular flexibility index (Phi) is 3.92. The molecular weight excluding hydrogens is 284 g/mol. The number of aryl methyl sites for hydroxylation is 1. The third-order valence-corrected chi connectivity index (χ3v) is 4.21. The summed E-state index contributed by atoms with van der Waals surface area (Å²) in [7, 11) is 1.98. The van der Waals surface area contributed by atoms with Crippen molar-refractivity contribution in [1.82, 2.24) is 9.47 Å². The van der Waals surface area contributed by atoms with E-state index in [1.165, 1.54) is 6.26 Å². The highest BCUT2D eigenvalue weighted by atomic mass is 32.1. The number of carbonyl (C=O) groups excluding carboxylic acids is 1. The molecule has 0 radical (unpaired) electrons. The Balaban J connectivity index is 1.83. The molecule has 0 atom stereocenters. The van der Waals surface area contributed by atoms with Gasteiger partial charge in [0, 0.05) is 23.8 Å². The van der Waals surface area contributed by atoms with E-state index in [9.17, 15) is 4.79 Å². The van der Waals surface area contributed by atoms with Crippen LogP contribution in [0.2, 0.25) is 0 Å². The van der Waals surface area contributed by atoms with Crippen molar-refractivity contribution in [1.29, 1.82) is 0 Å². The van der Waals surface area contributed by atoms with Crippen LogP contribution in [0.5, 0.6) is 0 Å². The highest BCUT2D eigenvalue weighted by Crippen LogP contribution is 2.17. The Labute approximate surface area is 127 Å². The molecule has 3 heterocycles. The molecule has 108 valence electrons. The molecular formula is C16H16N2O2S. The van der Waals surface area contributed by atoms with E-state index < -0.39 is 0 Å². The first kappa shape index (κ1) is 13.7. The first-order valence-electron chi connectivity index (χ1n) is 6.69. The number of amides is 1. The van der Waals surface area contributed by atoms with Crippen LogP contribution in [0.25, 0.3) is 0 Å². The molecule has 0 aliphatic heterocycles. The van der Waals surface area contributed by atoms with E-state index in [1.54, 1.807) is 28.4 Å². The van der Waals surface area contributed by atoms with Gasteiger partial charge in [0.2, 0.25) is 0 Å². The number of hydrogen-bond acceptors (Lipinski definition) is 3. The molecule has 0 aromatic carbocycles. The molecule has 0 fully saturated rings. The molecule has 0 saturated heterocycles. The lowest BCUT2D eigenvalue weighted by molar-refractivity contribution is 0.0696. The Morgan fingerprint density at radius 3 is 2.76 bits per heavy atom. The minimum atomic E-state index is -0.0883. The molecule has 0 unspecified atom stereocenters. The predicted molar refractivity (Wildman–Crippen MR) is 82.0 cm³/mol. The normalized spacial score (nSPS) is 10.7. The lowest BCUT2D eigenvalue weighted by atomic mass is 10.3. The van der Waals surface area contributed by atoms with E-state index in [-0.39, 0.29) is 5.91 Å². The second kappa shape index (κ2) is 6.01. The summed E-state index contributed by atoms with van der Waals surface area (Å²) in [6.45, 7) is 1.14. The van der Waals surface area contributed by atoms with Crippen molar-refractivity contribution in [3.05, 3.63) is 70.6 Å². The molecule has 0 saturated carbocycles. The fourth-order valence-electron chi connectivity index (χ4n) is 2.20. The van der Waals surface area contributed by atoms with E-state index >= 15 is 0 Å². The zero-order chi connectivity index (χ0) is 14.7. The minimum Gasteiger partial charge on any atom is -0.459 e. The van der Waals surface area contributed by atoms with E-state index in [2.05, 4.69) is 0 Å². The SMILES string of the molecule is Cn1cccc1CN(Cc1cccs1)C(=O)c1ccco1. The van der Waals surface area contributed by atoms with E-state index in [0.717, 1.165) is 10.6 Å². The van der Waals surface area contributed by atoms with Gasteiger partial charge in [-0.15, -0.1) is 11.3 Å². The topological polar surface area (TPSA) is 38.4 Å². The van der Waals surface area contributed by atoms with Gasteiger partial charge in [-0.05, 0) is 35.7 Å². The summed E-state index contributed by atoms with van der Waals surface area (Å²) in [4.78, 5) is 15.6. The van der Waals surface area contributed by atoms with Crippen LogP contribution in [-0.2, 0) is 20.1 Å². The Hall–Kier alpha value is -2.27. The molecule has 4 nitrogen and oxygen atoms in total. The van der Waals surface area contributed by atoms with Crippen LogP contribution in [0, 0.1) is 0 Å². The van der Waals surface area contributed by atoms with Gasteiger partial charge in [-0.3, -0.25) is 4.79 Å². The average Bonchev–Trinajstić information content (AvgIpc) is 3.20. The number of carbonyl (C=O) groups is 1. The zero-order valence-electron chi connectivity index (χ0n) is 11.7. The Morgan fingerprint density at radius 1 is 1.24 bits per heavy atom. The maximum absolute atomic E-state index is 12.6. The lowest BCUT2D eigenvalue weighted by Crippen LogP contribution is -2.30. The van der Waals surface area contributed by atoms with Crippen LogP contribution in [0.4, 0.5) is 0 Å². The maximum Gasteiger partial charge on any atom is 0.290 e. The summed E-state index contributed by atoms with van der Waals surface area (Å²) < 4.78 is 7.27. The average molecular weight is 300 g/mol. The van der Waals surface area contributed by atoms with Gasteiger partial charge in [-0.25, -0.2) is 0 Å². The van der Waals surface area contributed by atoms with Crippen LogP contribution < -0.4 is 0 Å². The second-order valence-corrected chi connectivity index (χ2v) is 5.86. The van der Waals surface area contributed by atoms with Crippen molar-refractivity contribution >= 4 is 17.2 Å². The second-order valence-electron chi connectivity index (χ2n) is 4.83. The van der Waals surface area contributed by atoms with E-state index in [1.807, 2.05) is 47.5 Å². The molecule has 3 aromatic heterocycles. The van der Waals surface area contributed by atoms with E-state index in [0.29, 0.717) is 18.8 Å². The summed E-state index contributed by atoms with van der Waals surface area (Å²) in [5.74, 6) is 0.287. The van der Waals surface area contributed by atoms with Crippen molar-refractivity contribution in [2.24, 2.45) is 7.05 Å². The third kappa shape index (κ3) is 3.08. The van der Waals surface area contributed by atoms with Crippen molar-refractivity contribution in [2.45, 2.75) is 13.1 Å². The molecule has 3 rings (SSSR count). The Morgan fingerprint density at radius 2 is 2.14 bits per heavy atom. The minimum absolute atomic E-state index is 0.0883. The van der Waals surface area contributed by atoms with Crippen LogP contribution in [0.3, 0.4) is 0 Å². The molecule has 0 bridgehead atoms. The van der Waals surface area contributed by atoms with Crippen LogP contribution in [-0.4, -0.2) is 15.4 Å². The van der Waals surface area contributed by atoms with Gasteiger partial charge < -0.3 is 13.9 Å². The van der Waals surface area contributed by atoms with Gasteiger partial charge in [0.1, 0.15) is 0 Å². The van der Waals surface area contributed by atoms with Gasteiger partial charge in [0.05, 0.1) is 19.4 Å². The molecule has 5 heteroatoms. The lowest BCUT2D eigenvalue weighted by Gasteiger charge is -2.21. The van der Waals surface area contributed by atoms with Crippen LogP contribution in [0.15, 0.2) is 58.7 Å². The van der Waals surface area contributed by atoms with Crippen molar-refractivity contribution in [2.75, 3.05) is 0 Å². The Bertz CT molecular complexity index is 699. The summed E-state index contributed by atoms with van der Waals surface area (Å²) >= 11 is 1.65. The summed E-state index contributed by atoms with van der Waals surface area (Å²) in [6, 6.07) is 11.5. The van der Waals surface area contributed by atoms with Crippen LogP contribution >= 0.6 is 11.3 Å². The molecule has 1 amide bonds. The third-order valence-electron chi connectivity index (χ3n) is 3.35. The highest BCUT2D eigenvalue weighted by Gasteiger charge is 2.20. The zero-order valence-corrected chi connectivity index (χ0v) is 12.5. The molecule has 0 aliphatic carbocycles. The van der Waals surface area contributed by atoms with Crippen molar-refractivity contribution in [3.63, 3.8) is 0 Å². The van der Waals surface area contributed by atoms with Gasteiger partial charge >= 0.3 is 0 Å².